The lowest BCUT2D eigenvalue weighted by atomic mass is 10.1. The number of aromatic nitrogens is 1. The van der Waals surface area contributed by atoms with E-state index in [1.54, 1.807) is 12.4 Å². The van der Waals surface area contributed by atoms with E-state index in [1.807, 2.05) is 44.2 Å². The highest BCUT2D eigenvalue weighted by Gasteiger charge is 2.05. The first-order chi connectivity index (χ1) is 9.16. The van der Waals surface area contributed by atoms with Gasteiger partial charge in [-0.25, -0.2) is 4.79 Å². The highest BCUT2D eigenvalue weighted by atomic mass is 16.2. The Balaban J connectivity index is 1.93. The molecule has 2 amide bonds. The molecule has 0 aliphatic carbocycles. The van der Waals surface area contributed by atoms with E-state index in [0.717, 1.165) is 22.4 Å². The van der Waals surface area contributed by atoms with Crippen LogP contribution in [0.2, 0.25) is 0 Å². The summed E-state index contributed by atoms with van der Waals surface area (Å²) in [5.74, 6) is 0. The van der Waals surface area contributed by atoms with Crippen LogP contribution in [0.25, 0.3) is 0 Å². The van der Waals surface area contributed by atoms with Gasteiger partial charge in [0.15, 0.2) is 0 Å². The number of carbonyl (C=O) groups is 1. The molecule has 1 heterocycles. The fourth-order valence-electron chi connectivity index (χ4n) is 1.74. The van der Waals surface area contributed by atoms with E-state index < -0.39 is 0 Å². The molecule has 0 bridgehead atoms. The first-order valence-electron chi connectivity index (χ1n) is 6.17. The molecule has 0 aliphatic heterocycles. The van der Waals surface area contributed by atoms with Crippen LogP contribution in [0.5, 0.6) is 0 Å². The van der Waals surface area contributed by atoms with Gasteiger partial charge >= 0.3 is 6.03 Å². The minimum Gasteiger partial charge on any atom is -0.334 e. The highest BCUT2D eigenvalue weighted by Crippen LogP contribution is 2.17. The summed E-state index contributed by atoms with van der Waals surface area (Å²) in [4.78, 5) is 15.7. The van der Waals surface area contributed by atoms with E-state index in [-0.39, 0.29) is 6.03 Å². The molecule has 98 valence electrons. The predicted octanol–water partition coefficient (Wildman–Crippen LogP) is 3.02. The Kier molecular flexibility index (Phi) is 4.13. The minimum atomic E-state index is -0.203. The topological polar surface area (TPSA) is 54.0 Å². The summed E-state index contributed by atoms with van der Waals surface area (Å²) >= 11 is 0. The lowest BCUT2D eigenvalue weighted by molar-refractivity contribution is 0.251. The molecular formula is C15H17N3O. The number of benzene rings is 1. The minimum absolute atomic E-state index is 0.203. The molecule has 0 atom stereocenters. The fourth-order valence-corrected chi connectivity index (χ4v) is 1.74. The quantitative estimate of drug-likeness (QED) is 0.885. The van der Waals surface area contributed by atoms with Crippen molar-refractivity contribution in [2.75, 3.05) is 5.32 Å². The number of nitrogens with one attached hydrogen (secondary N) is 2. The first kappa shape index (κ1) is 13.1. The third-order valence-corrected chi connectivity index (χ3v) is 3.06. The van der Waals surface area contributed by atoms with Crippen LogP contribution in [0.3, 0.4) is 0 Å². The monoisotopic (exact) mass is 255 g/mol. The van der Waals surface area contributed by atoms with E-state index in [9.17, 15) is 4.79 Å². The lowest BCUT2D eigenvalue weighted by Gasteiger charge is -2.11. The van der Waals surface area contributed by atoms with Gasteiger partial charge in [-0.3, -0.25) is 4.98 Å². The SMILES string of the molecule is Cc1cccc(NC(=O)NCc2ccncc2)c1C. The van der Waals surface area contributed by atoms with Crippen molar-refractivity contribution in [1.82, 2.24) is 10.3 Å². The number of hydrogen-bond acceptors (Lipinski definition) is 2. The number of urea groups is 1. The van der Waals surface area contributed by atoms with Crippen molar-refractivity contribution in [2.45, 2.75) is 20.4 Å². The Morgan fingerprint density at radius 3 is 2.63 bits per heavy atom. The average molecular weight is 255 g/mol. The summed E-state index contributed by atoms with van der Waals surface area (Å²) in [5, 5.41) is 5.67. The third-order valence-electron chi connectivity index (χ3n) is 3.06. The Labute approximate surface area is 112 Å². The summed E-state index contributed by atoms with van der Waals surface area (Å²) in [7, 11) is 0. The normalized spacial score (nSPS) is 10.0. The van der Waals surface area contributed by atoms with Gasteiger partial charge in [0.1, 0.15) is 0 Å². The summed E-state index contributed by atoms with van der Waals surface area (Å²) in [5.41, 5.74) is 4.10. The average Bonchev–Trinajstić information content (AvgIpc) is 2.43. The number of amides is 2. The van der Waals surface area contributed by atoms with Crippen LogP contribution in [-0.2, 0) is 6.54 Å². The van der Waals surface area contributed by atoms with E-state index in [4.69, 9.17) is 0 Å². The van der Waals surface area contributed by atoms with Crippen LogP contribution in [-0.4, -0.2) is 11.0 Å². The number of nitrogens with zero attached hydrogens (tertiary/aromatic N) is 1. The van der Waals surface area contributed by atoms with Crippen LogP contribution in [0.15, 0.2) is 42.7 Å². The molecule has 2 N–H and O–H groups in total. The standard InChI is InChI=1S/C15H17N3O/c1-11-4-3-5-14(12(11)2)18-15(19)17-10-13-6-8-16-9-7-13/h3-9H,10H2,1-2H3,(H2,17,18,19). The molecule has 4 nitrogen and oxygen atoms in total. The second kappa shape index (κ2) is 6.00. The zero-order valence-corrected chi connectivity index (χ0v) is 11.1. The van der Waals surface area contributed by atoms with E-state index in [0.29, 0.717) is 6.54 Å². The Bertz CT molecular complexity index is 567. The molecule has 0 fully saturated rings. The number of anilines is 1. The van der Waals surface area contributed by atoms with Crippen molar-refractivity contribution in [3.63, 3.8) is 0 Å². The van der Waals surface area contributed by atoms with Crippen LogP contribution in [0, 0.1) is 13.8 Å². The molecule has 2 aromatic rings. The fraction of sp³-hybridized carbons (Fsp3) is 0.200. The molecule has 0 unspecified atom stereocenters. The van der Waals surface area contributed by atoms with Crippen molar-refractivity contribution in [3.8, 4) is 0 Å². The molecule has 19 heavy (non-hydrogen) atoms. The van der Waals surface area contributed by atoms with Gasteiger partial charge in [0.2, 0.25) is 0 Å². The maximum atomic E-state index is 11.8. The molecule has 1 aromatic carbocycles. The highest BCUT2D eigenvalue weighted by molar-refractivity contribution is 5.90. The zero-order chi connectivity index (χ0) is 13.7. The van der Waals surface area contributed by atoms with Crippen molar-refractivity contribution in [2.24, 2.45) is 0 Å². The molecule has 0 saturated carbocycles. The van der Waals surface area contributed by atoms with Crippen molar-refractivity contribution in [1.29, 1.82) is 0 Å². The van der Waals surface area contributed by atoms with Gasteiger partial charge in [-0.15, -0.1) is 0 Å². The molecular weight excluding hydrogens is 238 g/mol. The molecule has 4 heteroatoms. The van der Waals surface area contributed by atoms with Crippen LogP contribution < -0.4 is 10.6 Å². The number of aryl methyl sites for hydroxylation is 1. The van der Waals surface area contributed by atoms with Gasteiger partial charge in [0.25, 0.3) is 0 Å². The van der Waals surface area contributed by atoms with Crippen molar-refractivity contribution >= 4 is 11.7 Å². The zero-order valence-electron chi connectivity index (χ0n) is 11.1. The Hall–Kier alpha value is -2.36. The molecule has 0 spiro atoms. The summed E-state index contributed by atoms with van der Waals surface area (Å²) < 4.78 is 0. The molecule has 1 aromatic heterocycles. The smallest absolute Gasteiger partial charge is 0.319 e. The van der Waals surface area contributed by atoms with Crippen LogP contribution in [0.1, 0.15) is 16.7 Å². The number of hydrogen-bond donors (Lipinski definition) is 2. The van der Waals surface area contributed by atoms with E-state index >= 15 is 0 Å². The summed E-state index contributed by atoms with van der Waals surface area (Å²) in [6, 6.07) is 9.39. The Morgan fingerprint density at radius 2 is 1.89 bits per heavy atom. The number of carbonyl (C=O) groups excluding carboxylic acids is 1. The maximum Gasteiger partial charge on any atom is 0.319 e. The van der Waals surface area contributed by atoms with Gasteiger partial charge in [-0.2, -0.15) is 0 Å². The van der Waals surface area contributed by atoms with Gasteiger partial charge in [0, 0.05) is 24.6 Å². The predicted molar refractivity (Wildman–Crippen MR) is 76.0 cm³/mol. The first-order valence-corrected chi connectivity index (χ1v) is 6.17. The summed E-state index contributed by atoms with van der Waals surface area (Å²) in [6.07, 6.45) is 3.42. The van der Waals surface area contributed by atoms with Crippen LogP contribution in [0.4, 0.5) is 10.5 Å². The third kappa shape index (κ3) is 3.55. The summed E-state index contributed by atoms with van der Waals surface area (Å²) in [6.45, 7) is 4.50. The maximum absolute atomic E-state index is 11.8. The van der Waals surface area contributed by atoms with Crippen LogP contribution >= 0.6 is 0 Å². The number of rotatable bonds is 3. The molecule has 2 rings (SSSR count). The van der Waals surface area contributed by atoms with Gasteiger partial charge < -0.3 is 10.6 Å². The number of pyridine rings is 1. The molecule has 0 saturated heterocycles. The lowest BCUT2D eigenvalue weighted by Crippen LogP contribution is -2.28. The van der Waals surface area contributed by atoms with Gasteiger partial charge in [-0.05, 0) is 48.7 Å². The second-order valence-corrected chi connectivity index (χ2v) is 4.41. The van der Waals surface area contributed by atoms with E-state index in [2.05, 4.69) is 15.6 Å². The van der Waals surface area contributed by atoms with Crippen molar-refractivity contribution < 1.29 is 4.79 Å². The largest absolute Gasteiger partial charge is 0.334 e. The second-order valence-electron chi connectivity index (χ2n) is 4.41. The van der Waals surface area contributed by atoms with Gasteiger partial charge in [0.05, 0.1) is 0 Å². The van der Waals surface area contributed by atoms with E-state index in [1.165, 1.54) is 0 Å². The van der Waals surface area contributed by atoms with Crippen molar-refractivity contribution in [3.05, 3.63) is 59.4 Å². The molecule has 0 radical (unpaired) electrons. The Morgan fingerprint density at radius 1 is 1.16 bits per heavy atom. The molecule has 0 aliphatic rings. The van der Waals surface area contributed by atoms with Gasteiger partial charge in [-0.1, -0.05) is 12.1 Å².